The van der Waals surface area contributed by atoms with Gasteiger partial charge in [-0.2, -0.15) is 0 Å². The molecular formula is C28H30N4O4. The van der Waals surface area contributed by atoms with Crippen LogP contribution in [-0.4, -0.2) is 52.1 Å². The number of benzene rings is 3. The monoisotopic (exact) mass is 486 g/mol. The molecule has 1 aliphatic rings. The van der Waals surface area contributed by atoms with Crippen molar-refractivity contribution in [3.63, 3.8) is 0 Å². The summed E-state index contributed by atoms with van der Waals surface area (Å²) in [4.78, 5) is 39.5. The quantitative estimate of drug-likeness (QED) is 0.196. The molecule has 1 saturated heterocycles. The lowest BCUT2D eigenvalue weighted by atomic mass is 9.92. The number of amidine groups is 1. The molecule has 0 aromatic heterocycles. The van der Waals surface area contributed by atoms with Crippen LogP contribution in [0.1, 0.15) is 40.7 Å². The molecule has 1 aliphatic heterocycles. The number of amides is 1. The third-order valence-electron chi connectivity index (χ3n) is 6.84. The van der Waals surface area contributed by atoms with Crippen LogP contribution in [0.5, 0.6) is 0 Å². The van der Waals surface area contributed by atoms with Crippen LogP contribution in [0, 0.1) is 11.3 Å². The molecule has 36 heavy (non-hydrogen) atoms. The zero-order valence-corrected chi connectivity index (χ0v) is 19.9. The lowest BCUT2D eigenvalue weighted by Gasteiger charge is -2.29. The molecule has 8 nitrogen and oxygen atoms in total. The van der Waals surface area contributed by atoms with Gasteiger partial charge in [0, 0.05) is 17.7 Å². The molecule has 3 aromatic carbocycles. The highest BCUT2D eigenvalue weighted by atomic mass is 16.4. The second-order valence-corrected chi connectivity index (χ2v) is 9.30. The summed E-state index contributed by atoms with van der Waals surface area (Å²) < 4.78 is 0. The van der Waals surface area contributed by atoms with Crippen molar-refractivity contribution < 1.29 is 19.5 Å². The molecule has 4 rings (SSSR count). The molecule has 1 unspecified atom stereocenters. The zero-order chi connectivity index (χ0) is 25.8. The Kier molecular flexibility index (Phi) is 7.45. The number of hydrogen-bond donors (Lipinski definition) is 4. The van der Waals surface area contributed by atoms with Crippen LogP contribution >= 0.6 is 0 Å². The standard InChI is InChI=1S/C28H30N4O4/c29-25(26(35)19-10-8-18-9-11-20(27(30)31)14-21(18)13-19)23-15-22(16-24(33)34)28(36)32(23)12-4-7-17-5-2-1-3-6-17/h1-3,5-6,8-11,13-14,22-23,25H,4,7,12,15-16,29H2,(H3,30,31)(H,33,34)/t22-,23-,25?/m0/s1. The maximum atomic E-state index is 13.4. The van der Waals surface area contributed by atoms with Crippen LogP contribution in [0.3, 0.4) is 0 Å². The molecule has 0 saturated carbocycles. The predicted molar refractivity (Wildman–Crippen MR) is 138 cm³/mol. The van der Waals surface area contributed by atoms with E-state index in [9.17, 15) is 19.5 Å². The number of nitrogens with two attached hydrogens (primary N) is 2. The Hall–Kier alpha value is -4.04. The molecule has 6 N–H and O–H groups in total. The summed E-state index contributed by atoms with van der Waals surface area (Å²) in [6.07, 6.45) is 1.38. The number of nitrogens with zero attached hydrogens (tertiary/aromatic N) is 1. The van der Waals surface area contributed by atoms with Crippen molar-refractivity contribution >= 4 is 34.3 Å². The molecular weight excluding hydrogens is 456 g/mol. The van der Waals surface area contributed by atoms with Gasteiger partial charge >= 0.3 is 5.97 Å². The molecule has 186 valence electrons. The van der Waals surface area contributed by atoms with E-state index >= 15 is 0 Å². The van der Waals surface area contributed by atoms with Crippen molar-refractivity contribution in [2.75, 3.05) is 6.54 Å². The van der Waals surface area contributed by atoms with Crippen LogP contribution in [-0.2, 0) is 16.0 Å². The number of ketones is 1. The molecule has 0 bridgehead atoms. The van der Waals surface area contributed by atoms with Crippen LogP contribution in [0.25, 0.3) is 10.8 Å². The number of aryl methyl sites for hydroxylation is 1. The van der Waals surface area contributed by atoms with E-state index in [1.807, 2.05) is 42.5 Å². The normalized spacial score (nSPS) is 18.4. The summed E-state index contributed by atoms with van der Waals surface area (Å²) >= 11 is 0. The Balaban J connectivity index is 1.55. The maximum Gasteiger partial charge on any atom is 0.304 e. The van der Waals surface area contributed by atoms with E-state index in [1.165, 1.54) is 0 Å². The van der Waals surface area contributed by atoms with Gasteiger partial charge in [-0.3, -0.25) is 19.8 Å². The summed E-state index contributed by atoms with van der Waals surface area (Å²) in [6.45, 7) is 0.398. The highest BCUT2D eigenvalue weighted by Gasteiger charge is 2.44. The molecule has 1 amide bonds. The Morgan fingerprint density at radius 1 is 1.03 bits per heavy atom. The number of nitrogens with one attached hydrogen (secondary N) is 1. The second kappa shape index (κ2) is 10.7. The van der Waals surface area contributed by atoms with E-state index in [1.54, 1.807) is 29.2 Å². The van der Waals surface area contributed by atoms with Crippen molar-refractivity contribution in [3.05, 3.63) is 83.4 Å². The molecule has 0 radical (unpaired) electrons. The molecule has 1 heterocycles. The third kappa shape index (κ3) is 5.44. The number of hydrogen-bond acceptors (Lipinski definition) is 5. The first-order chi connectivity index (χ1) is 17.2. The van der Waals surface area contributed by atoms with Gasteiger partial charge in [-0.05, 0) is 47.7 Å². The Bertz CT molecular complexity index is 1310. The van der Waals surface area contributed by atoms with E-state index in [-0.39, 0.29) is 30.4 Å². The van der Waals surface area contributed by atoms with Crippen LogP contribution in [0.4, 0.5) is 0 Å². The van der Waals surface area contributed by atoms with Crippen molar-refractivity contribution in [2.45, 2.75) is 37.8 Å². The largest absolute Gasteiger partial charge is 0.481 e. The molecule has 0 spiro atoms. The van der Waals surface area contributed by atoms with E-state index in [0.717, 1.165) is 22.8 Å². The Morgan fingerprint density at radius 2 is 1.69 bits per heavy atom. The molecule has 0 aliphatic carbocycles. The maximum absolute atomic E-state index is 13.4. The van der Waals surface area contributed by atoms with E-state index in [4.69, 9.17) is 16.9 Å². The number of rotatable bonds is 10. The third-order valence-corrected chi connectivity index (χ3v) is 6.84. The number of carboxylic acid groups (broad SMARTS) is 1. The average Bonchev–Trinajstić information content (AvgIpc) is 3.17. The first kappa shape index (κ1) is 25.1. The molecule has 8 heteroatoms. The van der Waals surface area contributed by atoms with Crippen LogP contribution in [0.2, 0.25) is 0 Å². The minimum atomic E-state index is -1.05. The number of aliphatic carboxylic acids is 1. The molecule has 3 atom stereocenters. The van der Waals surface area contributed by atoms with Crippen molar-refractivity contribution in [1.29, 1.82) is 5.41 Å². The fourth-order valence-corrected chi connectivity index (χ4v) is 4.95. The molecule has 1 fully saturated rings. The smallest absolute Gasteiger partial charge is 0.304 e. The van der Waals surface area contributed by atoms with Crippen LogP contribution < -0.4 is 11.5 Å². The van der Waals surface area contributed by atoms with Gasteiger partial charge in [0.15, 0.2) is 5.78 Å². The Morgan fingerprint density at radius 3 is 2.36 bits per heavy atom. The van der Waals surface area contributed by atoms with Gasteiger partial charge in [0.2, 0.25) is 5.91 Å². The first-order valence-corrected chi connectivity index (χ1v) is 12.0. The number of likely N-dealkylation sites (tertiary alicyclic amines) is 1. The number of carbonyl (C=O) groups is 3. The number of Topliss-reactive ketones (excluding diaryl/α,β-unsaturated/α-hetero) is 1. The van der Waals surface area contributed by atoms with Crippen molar-refractivity contribution in [1.82, 2.24) is 4.90 Å². The highest BCUT2D eigenvalue weighted by Crippen LogP contribution is 2.31. The lowest BCUT2D eigenvalue weighted by Crippen LogP contribution is -2.50. The van der Waals surface area contributed by atoms with Gasteiger partial charge in [-0.15, -0.1) is 0 Å². The van der Waals surface area contributed by atoms with Gasteiger partial charge in [-0.1, -0.05) is 54.6 Å². The Labute approximate surface area is 209 Å². The fourth-order valence-electron chi connectivity index (χ4n) is 4.95. The summed E-state index contributed by atoms with van der Waals surface area (Å²) in [7, 11) is 0. The molecule has 3 aromatic rings. The minimum Gasteiger partial charge on any atom is -0.481 e. The predicted octanol–water partition coefficient (Wildman–Crippen LogP) is 2.96. The van der Waals surface area contributed by atoms with Gasteiger partial charge < -0.3 is 21.5 Å². The topological polar surface area (TPSA) is 151 Å². The van der Waals surface area contributed by atoms with E-state index < -0.39 is 24.0 Å². The summed E-state index contributed by atoms with van der Waals surface area (Å²) in [5, 5.41) is 18.6. The number of nitrogen functional groups attached to an aromatic ring is 1. The number of carbonyl (C=O) groups excluding carboxylic acids is 2. The average molecular weight is 487 g/mol. The van der Waals surface area contributed by atoms with Gasteiger partial charge in [0.05, 0.1) is 24.4 Å². The minimum absolute atomic E-state index is 0.0644. The zero-order valence-electron chi connectivity index (χ0n) is 19.9. The highest BCUT2D eigenvalue weighted by molar-refractivity contribution is 6.05. The first-order valence-electron chi connectivity index (χ1n) is 12.0. The summed E-state index contributed by atoms with van der Waals surface area (Å²) in [5.74, 6) is -2.38. The van der Waals surface area contributed by atoms with Crippen LogP contribution in [0.15, 0.2) is 66.7 Å². The number of fused-ring (bicyclic) bond motifs is 1. The van der Waals surface area contributed by atoms with Crippen molar-refractivity contribution in [3.8, 4) is 0 Å². The number of carboxylic acids is 1. The summed E-state index contributed by atoms with van der Waals surface area (Å²) in [5.41, 5.74) is 14.2. The SMILES string of the molecule is N=C(N)c1ccc2ccc(C(=O)C(N)[C@@H]3C[C@@H](CC(=O)O)C(=O)N3CCCc3ccccc3)cc2c1. The van der Waals surface area contributed by atoms with Gasteiger partial charge in [0.1, 0.15) is 5.84 Å². The lowest BCUT2D eigenvalue weighted by molar-refractivity contribution is -0.142. The second-order valence-electron chi connectivity index (χ2n) is 9.30. The van der Waals surface area contributed by atoms with Gasteiger partial charge in [0.25, 0.3) is 0 Å². The van der Waals surface area contributed by atoms with Crippen molar-refractivity contribution in [2.24, 2.45) is 17.4 Å². The van der Waals surface area contributed by atoms with Gasteiger partial charge in [-0.25, -0.2) is 0 Å². The summed E-state index contributed by atoms with van der Waals surface area (Å²) in [6, 6.07) is 18.9. The van der Waals surface area contributed by atoms with E-state index in [2.05, 4.69) is 0 Å². The fraction of sp³-hybridized carbons (Fsp3) is 0.286. The van der Waals surface area contributed by atoms with E-state index in [0.29, 0.717) is 24.1 Å².